The average molecular weight is 242 g/mol. The summed E-state index contributed by atoms with van der Waals surface area (Å²) >= 11 is 0. The van der Waals surface area contributed by atoms with Crippen LogP contribution >= 0.6 is 0 Å². The summed E-state index contributed by atoms with van der Waals surface area (Å²) in [5, 5.41) is 17.7. The fraction of sp³-hybridized carbons (Fsp3) is 0.692. The highest BCUT2D eigenvalue weighted by Crippen LogP contribution is 2.21. The molecule has 1 aliphatic rings. The molecule has 1 heterocycles. The molecule has 0 spiro atoms. The molecule has 0 saturated carbocycles. The molecule has 98 valence electrons. The molecule has 1 rings (SSSR count). The molecule has 17 heavy (non-hydrogen) atoms. The Kier molecular flexibility index (Phi) is 6.26. The van der Waals surface area contributed by atoms with Crippen LogP contribution in [0.4, 0.5) is 0 Å². The van der Waals surface area contributed by atoms with E-state index in [0.717, 1.165) is 24.8 Å². The highest BCUT2D eigenvalue weighted by molar-refractivity contribution is 5.14. The van der Waals surface area contributed by atoms with Gasteiger partial charge >= 0.3 is 0 Å². The number of rotatable bonds is 6. The number of allylic oxidation sites excluding steroid dienone is 3. The molecule has 2 unspecified atom stereocenters. The SMILES string of the molecule is C/C(O)=C\C=C(/C)C1OCC(CCCCO)O1. The molecule has 0 aromatic rings. The highest BCUT2D eigenvalue weighted by Gasteiger charge is 2.26. The zero-order chi connectivity index (χ0) is 12.7. The molecule has 1 fully saturated rings. The average Bonchev–Trinajstić information content (AvgIpc) is 2.75. The van der Waals surface area contributed by atoms with Gasteiger partial charge in [-0.05, 0) is 44.8 Å². The Morgan fingerprint density at radius 3 is 2.71 bits per heavy atom. The van der Waals surface area contributed by atoms with Gasteiger partial charge in [-0.25, -0.2) is 0 Å². The van der Waals surface area contributed by atoms with Crippen molar-refractivity contribution in [3.63, 3.8) is 0 Å². The van der Waals surface area contributed by atoms with Crippen molar-refractivity contribution in [3.8, 4) is 0 Å². The van der Waals surface area contributed by atoms with Gasteiger partial charge in [0.2, 0.25) is 0 Å². The van der Waals surface area contributed by atoms with E-state index in [0.29, 0.717) is 6.61 Å². The highest BCUT2D eigenvalue weighted by atomic mass is 16.7. The second kappa shape index (κ2) is 7.48. The molecule has 1 saturated heterocycles. The van der Waals surface area contributed by atoms with Crippen molar-refractivity contribution in [2.24, 2.45) is 0 Å². The Balaban J connectivity index is 2.34. The Morgan fingerprint density at radius 2 is 2.06 bits per heavy atom. The summed E-state index contributed by atoms with van der Waals surface area (Å²) in [6.07, 6.45) is 5.93. The number of unbranched alkanes of at least 4 members (excludes halogenated alkanes) is 1. The van der Waals surface area contributed by atoms with E-state index in [9.17, 15) is 0 Å². The van der Waals surface area contributed by atoms with Crippen molar-refractivity contribution in [1.82, 2.24) is 0 Å². The van der Waals surface area contributed by atoms with Crippen molar-refractivity contribution >= 4 is 0 Å². The molecular weight excluding hydrogens is 220 g/mol. The third kappa shape index (κ3) is 5.35. The molecule has 2 N–H and O–H groups in total. The van der Waals surface area contributed by atoms with Gasteiger partial charge in [0.1, 0.15) is 0 Å². The van der Waals surface area contributed by atoms with Gasteiger partial charge in [-0.1, -0.05) is 6.08 Å². The standard InChI is InChI=1S/C13H22O4/c1-10(6-7-11(2)15)13-16-9-12(17-13)5-3-4-8-14/h6-7,12-15H,3-5,8-9H2,1-2H3/b10-6+,11-7+. The number of aliphatic hydroxyl groups excluding tert-OH is 2. The van der Waals surface area contributed by atoms with Crippen molar-refractivity contribution < 1.29 is 19.7 Å². The number of ether oxygens (including phenoxy) is 2. The molecular formula is C13H22O4. The minimum atomic E-state index is -0.301. The Morgan fingerprint density at radius 1 is 1.29 bits per heavy atom. The van der Waals surface area contributed by atoms with Crippen molar-refractivity contribution in [2.45, 2.75) is 45.5 Å². The first-order valence-corrected chi connectivity index (χ1v) is 6.05. The normalized spacial score (nSPS) is 26.5. The predicted octanol–water partition coefficient (Wildman–Crippen LogP) is 2.30. The maximum atomic E-state index is 9.05. The Hall–Kier alpha value is -0.840. The second-order valence-corrected chi connectivity index (χ2v) is 4.36. The van der Waals surface area contributed by atoms with E-state index in [-0.39, 0.29) is 24.8 Å². The first-order valence-electron chi connectivity index (χ1n) is 6.05. The van der Waals surface area contributed by atoms with E-state index in [2.05, 4.69) is 0 Å². The zero-order valence-electron chi connectivity index (χ0n) is 10.6. The predicted molar refractivity (Wildman–Crippen MR) is 65.7 cm³/mol. The molecule has 0 amide bonds. The van der Waals surface area contributed by atoms with E-state index in [1.54, 1.807) is 19.1 Å². The van der Waals surface area contributed by atoms with Gasteiger partial charge in [0, 0.05) is 6.61 Å². The smallest absolute Gasteiger partial charge is 0.180 e. The van der Waals surface area contributed by atoms with Crippen molar-refractivity contribution in [1.29, 1.82) is 0 Å². The third-order valence-corrected chi connectivity index (χ3v) is 2.64. The second-order valence-electron chi connectivity index (χ2n) is 4.36. The van der Waals surface area contributed by atoms with Gasteiger partial charge in [0.05, 0.1) is 18.5 Å². The van der Waals surface area contributed by atoms with Crippen LogP contribution in [0.2, 0.25) is 0 Å². The van der Waals surface area contributed by atoms with Crippen molar-refractivity contribution in [2.75, 3.05) is 13.2 Å². The van der Waals surface area contributed by atoms with Crippen LogP contribution in [0, 0.1) is 0 Å². The molecule has 0 bridgehead atoms. The maximum absolute atomic E-state index is 9.05. The van der Waals surface area contributed by atoms with Gasteiger partial charge in [0.25, 0.3) is 0 Å². The van der Waals surface area contributed by atoms with E-state index in [1.807, 2.05) is 6.92 Å². The van der Waals surface area contributed by atoms with Crippen LogP contribution < -0.4 is 0 Å². The first kappa shape index (κ1) is 14.2. The summed E-state index contributed by atoms with van der Waals surface area (Å²) in [6.45, 7) is 4.37. The van der Waals surface area contributed by atoms with Gasteiger partial charge in [-0.15, -0.1) is 0 Å². The van der Waals surface area contributed by atoms with Gasteiger partial charge < -0.3 is 19.7 Å². The van der Waals surface area contributed by atoms with E-state index in [4.69, 9.17) is 19.7 Å². The zero-order valence-corrected chi connectivity index (χ0v) is 10.6. The lowest BCUT2D eigenvalue weighted by Crippen LogP contribution is -2.13. The van der Waals surface area contributed by atoms with Gasteiger partial charge in [-0.3, -0.25) is 0 Å². The number of aliphatic hydroxyl groups is 2. The topological polar surface area (TPSA) is 58.9 Å². The molecule has 4 nitrogen and oxygen atoms in total. The lowest BCUT2D eigenvalue weighted by atomic mass is 10.2. The lowest BCUT2D eigenvalue weighted by molar-refractivity contribution is -0.0299. The van der Waals surface area contributed by atoms with Crippen LogP contribution in [0.15, 0.2) is 23.5 Å². The van der Waals surface area contributed by atoms with Gasteiger partial charge in [0.15, 0.2) is 6.29 Å². The largest absolute Gasteiger partial charge is 0.513 e. The summed E-state index contributed by atoms with van der Waals surface area (Å²) in [5.74, 6) is 0.266. The maximum Gasteiger partial charge on any atom is 0.180 e. The Labute approximate surface area is 103 Å². The van der Waals surface area contributed by atoms with E-state index < -0.39 is 0 Å². The van der Waals surface area contributed by atoms with Crippen LogP contribution in [0.1, 0.15) is 33.1 Å². The summed E-state index contributed by atoms with van der Waals surface area (Å²) in [4.78, 5) is 0. The molecule has 0 aromatic carbocycles. The molecule has 0 aromatic heterocycles. The first-order chi connectivity index (χ1) is 8.13. The third-order valence-electron chi connectivity index (χ3n) is 2.64. The molecule has 0 aliphatic carbocycles. The van der Waals surface area contributed by atoms with Crippen LogP contribution in [0.25, 0.3) is 0 Å². The minimum Gasteiger partial charge on any atom is -0.513 e. The summed E-state index contributed by atoms with van der Waals surface area (Å²) in [6, 6.07) is 0. The lowest BCUT2D eigenvalue weighted by Gasteiger charge is -2.11. The van der Waals surface area contributed by atoms with Crippen LogP contribution in [-0.4, -0.2) is 35.8 Å². The van der Waals surface area contributed by atoms with Crippen LogP contribution in [0.3, 0.4) is 0 Å². The summed E-state index contributed by atoms with van der Waals surface area (Å²) < 4.78 is 11.2. The van der Waals surface area contributed by atoms with Crippen LogP contribution in [-0.2, 0) is 9.47 Å². The number of hydrogen-bond donors (Lipinski definition) is 2. The minimum absolute atomic E-state index is 0.120. The Bertz CT molecular complexity index is 279. The molecule has 2 atom stereocenters. The number of hydrogen-bond acceptors (Lipinski definition) is 4. The monoisotopic (exact) mass is 242 g/mol. The van der Waals surface area contributed by atoms with E-state index >= 15 is 0 Å². The quantitative estimate of drug-likeness (QED) is 0.426. The van der Waals surface area contributed by atoms with Crippen LogP contribution in [0.5, 0.6) is 0 Å². The summed E-state index contributed by atoms with van der Waals surface area (Å²) in [5.41, 5.74) is 0.947. The molecule has 0 radical (unpaired) electrons. The van der Waals surface area contributed by atoms with E-state index in [1.165, 1.54) is 0 Å². The molecule has 4 heteroatoms. The van der Waals surface area contributed by atoms with Gasteiger partial charge in [-0.2, -0.15) is 0 Å². The molecule has 1 aliphatic heterocycles. The fourth-order valence-corrected chi connectivity index (χ4v) is 1.65. The summed E-state index contributed by atoms with van der Waals surface area (Å²) in [7, 11) is 0. The fourth-order valence-electron chi connectivity index (χ4n) is 1.65. The van der Waals surface area contributed by atoms with Crippen molar-refractivity contribution in [3.05, 3.63) is 23.5 Å².